The first kappa shape index (κ1) is 3.71. The molecule has 0 bridgehead atoms. The standard InChI is InChI=1S/C7H6O3/c8-5-1-2-6-7(3-5)10-4-9-6/h1-3,8H,4H2/i3D,4D. The van der Waals surface area contributed by atoms with E-state index in [0.717, 1.165) is 0 Å². The maximum atomic E-state index is 9.09. The Balaban J connectivity index is 2.54. The predicted molar refractivity (Wildman–Crippen MR) is 34.2 cm³/mol. The first-order chi connectivity index (χ1) is 5.68. The first-order valence-electron chi connectivity index (χ1n) is 3.84. The molecular formula is C7H6O3. The van der Waals surface area contributed by atoms with Gasteiger partial charge in [-0.15, -0.1) is 0 Å². The van der Waals surface area contributed by atoms with Crippen LogP contribution in [0.5, 0.6) is 17.2 Å². The van der Waals surface area contributed by atoms with Crippen LogP contribution in [0.1, 0.15) is 2.74 Å². The van der Waals surface area contributed by atoms with Crippen LogP contribution < -0.4 is 9.47 Å². The van der Waals surface area contributed by atoms with Crippen LogP contribution in [0.4, 0.5) is 0 Å². The minimum Gasteiger partial charge on any atom is -0.508 e. The van der Waals surface area contributed by atoms with Gasteiger partial charge in [0.15, 0.2) is 11.5 Å². The average molecular weight is 140 g/mol. The number of ether oxygens (including phenoxy) is 2. The van der Waals surface area contributed by atoms with Gasteiger partial charge in [0, 0.05) is 6.04 Å². The van der Waals surface area contributed by atoms with Crippen LogP contribution >= 0.6 is 0 Å². The fourth-order valence-electron chi connectivity index (χ4n) is 0.754. The summed E-state index contributed by atoms with van der Waals surface area (Å²) in [5, 5.41) is 9.09. The summed E-state index contributed by atoms with van der Waals surface area (Å²) >= 11 is 0. The summed E-state index contributed by atoms with van der Waals surface area (Å²) in [7, 11) is 0. The molecule has 0 saturated carbocycles. The number of hydrogen-bond acceptors (Lipinski definition) is 3. The van der Waals surface area contributed by atoms with Crippen molar-refractivity contribution in [1.29, 1.82) is 0 Å². The maximum Gasteiger partial charge on any atom is 0.231 e. The SMILES string of the molecule is [2H]c1c(O)ccc2c1OC([2H])O2. The molecule has 0 amide bonds. The molecule has 0 fully saturated rings. The van der Waals surface area contributed by atoms with Crippen LogP contribution in [-0.4, -0.2) is 11.9 Å². The van der Waals surface area contributed by atoms with Gasteiger partial charge in [-0.1, -0.05) is 0 Å². The third-order valence-corrected chi connectivity index (χ3v) is 1.20. The molecule has 0 aromatic heterocycles. The lowest BCUT2D eigenvalue weighted by molar-refractivity contribution is 0.174. The molecule has 0 spiro atoms. The lowest BCUT2D eigenvalue weighted by Crippen LogP contribution is -1.92. The zero-order chi connectivity index (χ0) is 8.72. The second-order valence-electron chi connectivity index (χ2n) is 1.87. The number of aromatic hydroxyl groups is 1. The summed E-state index contributed by atoms with van der Waals surface area (Å²) in [6, 6.07) is 2.67. The molecule has 0 saturated heterocycles. The van der Waals surface area contributed by atoms with E-state index in [0.29, 0.717) is 5.75 Å². The molecule has 1 heterocycles. The van der Waals surface area contributed by atoms with Crippen molar-refractivity contribution >= 4 is 0 Å². The Bertz CT molecular complexity index is 327. The van der Waals surface area contributed by atoms with Gasteiger partial charge >= 0.3 is 0 Å². The van der Waals surface area contributed by atoms with E-state index in [1.165, 1.54) is 12.1 Å². The number of hydrogen-bond donors (Lipinski definition) is 1. The fourth-order valence-corrected chi connectivity index (χ4v) is 0.754. The van der Waals surface area contributed by atoms with E-state index in [9.17, 15) is 0 Å². The number of benzene rings is 1. The molecule has 1 aromatic carbocycles. The molecule has 1 aliphatic rings. The highest BCUT2D eigenvalue weighted by molar-refractivity contribution is 5.46. The van der Waals surface area contributed by atoms with Gasteiger partial charge in [-0.05, 0) is 12.1 Å². The Morgan fingerprint density at radius 3 is 3.20 bits per heavy atom. The molecule has 3 heteroatoms. The van der Waals surface area contributed by atoms with Crippen molar-refractivity contribution in [3.8, 4) is 17.2 Å². The van der Waals surface area contributed by atoms with Crippen LogP contribution in [-0.2, 0) is 0 Å². The molecule has 52 valence electrons. The Labute approximate surface area is 60.6 Å². The minimum absolute atomic E-state index is 0.134. The lowest BCUT2D eigenvalue weighted by atomic mass is 10.3. The van der Waals surface area contributed by atoms with Gasteiger partial charge in [-0.2, -0.15) is 0 Å². The van der Waals surface area contributed by atoms with Crippen LogP contribution in [0.2, 0.25) is 0 Å². The molecule has 1 aliphatic heterocycles. The second-order valence-corrected chi connectivity index (χ2v) is 1.87. The molecule has 3 nitrogen and oxygen atoms in total. The third-order valence-electron chi connectivity index (χ3n) is 1.20. The van der Waals surface area contributed by atoms with Crippen molar-refractivity contribution < 1.29 is 17.3 Å². The number of phenols is 1. The largest absolute Gasteiger partial charge is 0.508 e. The van der Waals surface area contributed by atoms with Crippen LogP contribution in [0, 0.1) is 0 Å². The highest BCUT2D eigenvalue weighted by Crippen LogP contribution is 2.34. The Kier molecular flexibility index (Phi) is 0.667. The van der Waals surface area contributed by atoms with Crippen LogP contribution in [0.3, 0.4) is 0 Å². The predicted octanol–water partition coefficient (Wildman–Crippen LogP) is 1.12. The topological polar surface area (TPSA) is 38.7 Å². The van der Waals surface area contributed by atoms with Crippen molar-refractivity contribution in [3.05, 3.63) is 18.2 Å². The van der Waals surface area contributed by atoms with Gasteiger partial charge in [0.1, 0.15) is 7.12 Å². The van der Waals surface area contributed by atoms with E-state index >= 15 is 0 Å². The molecule has 2 rings (SSSR count). The van der Waals surface area contributed by atoms with Gasteiger partial charge < -0.3 is 14.6 Å². The fraction of sp³-hybridized carbons (Fsp3) is 0.143. The van der Waals surface area contributed by atoms with E-state index in [2.05, 4.69) is 0 Å². The minimum atomic E-state index is -1.12. The monoisotopic (exact) mass is 140 g/mol. The van der Waals surface area contributed by atoms with Gasteiger partial charge in [0.05, 0.1) is 1.37 Å². The van der Waals surface area contributed by atoms with E-state index in [-0.39, 0.29) is 17.5 Å². The van der Waals surface area contributed by atoms with Gasteiger partial charge in [-0.3, -0.25) is 0 Å². The van der Waals surface area contributed by atoms with Gasteiger partial charge in [0.2, 0.25) is 6.77 Å². The zero-order valence-corrected chi connectivity index (χ0v) is 5.00. The normalized spacial score (nSPS) is 23.8. The zero-order valence-electron chi connectivity index (χ0n) is 7.00. The van der Waals surface area contributed by atoms with E-state index in [1.807, 2.05) is 0 Å². The van der Waals surface area contributed by atoms with E-state index in [1.54, 1.807) is 0 Å². The summed E-state index contributed by atoms with van der Waals surface area (Å²) in [6.45, 7) is -1.12. The summed E-state index contributed by atoms with van der Waals surface area (Å²) in [5.41, 5.74) is 0. The molecular weight excluding hydrogens is 132 g/mol. The molecule has 1 atom stereocenters. The van der Waals surface area contributed by atoms with Crippen molar-refractivity contribution in [3.63, 3.8) is 0 Å². The molecule has 0 radical (unpaired) electrons. The van der Waals surface area contributed by atoms with Crippen molar-refractivity contribution in [1.82, 2.24) is 0 Å². The Hall–Kier alpha value is -1.38. The summed E-state index contributed by atoms with van der Waals surface area (Å²) in [5.74, 6) is 0.291. The van der Waals surface area contributed by atoms with Crippen LogP contribution in [0.15, 0.2) is 18.2 Å². The van der Waals surface area contributed by atoms with Crippen molar-refractivity contribution in [2.24, 2.45) is 0 Å². The highest BCUT2D eigenvalue weighted by atomic mass is 16.7. The van der Waals surface area contributed by atoms with E-state index in [4.69, 9.17) is 17.3 Å². The molecule has 1 N–H and O–H groups in total. The van der Waals surface area contributed by atoms with E-state index < -0.39 is 6.77 Å². The quantitative estimate of drug-likeness (QED) is 0.586. The smallest absolute Gasteiger partial charge is 0.231 e. The van der Waals surface area contributed by atoms with Gasteiger partial charge in [0.25, 0.3) is 0 Å². The molecule has 0 aliphatic carbocycles. The summed E-state index contributed by atoms with van der Waals surface area (Å²) < 4.78 is 24.1. The summed E-state index contributed by atoms with van der Waals surface area (Å²) in [4.78, 5) is 0. The second kappa shape index (κ2) is 1.80. The molecule has 10 heavy (non-hydrogen) atoms. The average Bonchev–Trinajstić information content (AvgIpc) is 2.39. The Morgan fingerprint density at radius 2 is 2.30 bits per heavy atom. The summed E-state index contributed by atoms with van der Waals surface area (Å²) in [6.07, 6.45) is 0. The van der Waals surface area contributed by atoms with Gasteiger partial charge in [-0.25, -0.2) is 0 Å². The maximum absolute atomic E-state index is 9.09. The third kappa shape index (κ3) is 0.673. The lowest BCUT2D eigenvalue weighted by Gasteiger charge is -1.93. The number of fused-ring (bicyclic) bond motifs is 1. The van der Waals surface area contributed by atoms with Crippen LogP contribution in [0.25, 0.3) is 0 Å². The molecule has 1 aromatic rings. The van der Waals surface area contributed by atoms with Crippen molar-refractivity contribution in [2.75, 3.05) is 6.77 Å². The number of phenolic OH excluding ortho intramolecular Hbond substituents is 1. The first-order valence-corrected chi connectivity index (χ1v) is 2.76. The van der Waals surface area contributed by atoms with Crippen molar-refractivity contribution in [2.45, 2.75) is 0 Å². The Morgan fingerprint density at radius 1 is 1.50 bits per heavy atom. The number of rotatable bonds is 0. The highest BCUT2D eigenvalue weighted by Gasteiger charge is 2.12. The molecule has 1 unspecified atom stereocenters.